The fourth-order valence-electron chi connectivity index (χ4n) is 3.80. The number of nitrogens with zero attached hydrogens (tertiary/aromatic N) is 1. The normalized spacial score (nSPS) is 19.1. The summed E-state index contributed by atoms with van der Waals surface area (Å²) in [6, 6.07) is 4.68. The summed E-state index contributed by atoms with van der Waals surface area (Å²) in [5, 5.41) is 10.9. The predicted molar refractivity (Wildman–Crippen MR) is 87.9 cm³/mol. The molecule has 0 amide bonds. The zero-order chi connectivity index (χ0) is 15.5. The minimum Gasteiger partial charge on any atom is -0.391 e. The van der Waals surface area contributed by atoms with Crippen molar-refractivity contribution in [1.29, 1.82) is 0 Å². The predicted octanol–water partition coefficient (Wildman–Crippen LogP) is 4.15. The van der Waals surface area contributed by atoms with E-state index < -0.39 is 6.10 Å². The zero-order valence-corrected chi connectivity index (χ0v) is 14.5. The number of likely N-dealkylation sites (N-methyl/N-ethyl adjacent to an activating group) is 1. The van der Waals surface area contributed by atoms with Crippen molar-refractivity contribution in [3.63, 3.8) is 0 Å². The Kier molecular flexibility index (Phi) is 5.81. The molecule has 1 aliphatic rings. The van der Waals surface area contributed by atoms with E-state index in [4.69, 9.17) is 0 Å². The molecule has 1 fully saturated rings. The van der Waals surface area contributed by atoms with Crippen LogP contribution in [0, 0.1) is 5.82 Å². The molecule has 1 N–H and O–H groups in total. The molecule has 2 nitrogen and oxygen atoms in total. The Morgan fingerprint density at radius 1 is 1.29 bits per heavy atom. The van der Waals surface area contributed by atoms with Crippen LogP contribution < -0.4 is 0 Å². The fourth-order valence-corrected chi connectivity index (χ4v) is 4.21. The highest BCUT2D eigenvalue weighted by Gasteiger charge is 2.44. The van der Waals surface area contributed by atoms with Crippen LogP contribution in [0.5, 0.6) is 0 Å². The van der Waals surface area contributed by atoms with E-state index in [1.165, 1.54) is 12.1 Å². The number of aliphatic hydroxyl groups is 1. The van der Waals surface area contributed by atoms with Crippen molar-refractivity contribution < 1.29 is 9.50 Å². The van der Waals surface area contributed by atoms with Crippen LogP contribution in [0.1, 0.15) is 45.1 Å². The van der Waals surface area contributed by atoms with Crippen molar-refractivity contribution in [3.8, 4) is 0 Å². The van der Waals surface area contributed by atoms with Crippen LogP contribution in [0.15, 0.2) is 22.7 Å². The fraction of sp³-hybridized carbons (Fsp3) is 0.647. The van der Waals surface area contributed by atoms with Gasteiger partial charge in [0, 0.05) is 16.4 Å². The van der Waals surface area contributed by atoms with Gasteiger partial charge in [-0.15, -0.1) is 0 Å². The van der Waals surface area contributed by atoms with E-state index in [-0.39, 0.29) is 11.4 Å². The quantitative estimate of drug-likeness (QED) is 0.826. The molecule has 1 atom stereocenters. The summed E-state index contributed by atoms with van der Waals surface area (Å²) in [6.45, 7) is 6.18. The summed E-state index contributed by atoms with van der Waals surface area (Å²) in [5.41, 5.74) is 0.704. The molecule has 0 bridgehead atoms. The molecule has 0 spiro atoms. The molecule has 4 heteroatoms. The Bertz CT molecular complexity index is 470. The highest BCUT2D eigenvalue weighted by Crippen LogP contribution is 2.39. The molecule has 21 heavy (non-hydrogen) atoms. The number of aliphatic hydroxyl groups excluding tert-OH is 1. The van der Waals surface area contributed by atoms with Crippen LogP contribution >= 0.6 is 15.9 Å². The summed E-state index contributed by atoms with van der Waals surface area (Å²) in [5.74, 6) is -0.247. The molecule has 1 aromatic rings. The molecular formula is C17H25BrFNO. The Morgan fingerprint density at radius 3 is 2.48 bits per heavy atom. The van der Waals surface area contributed by atoms with E-state index in [0.29, 0.717) is 6.42 Å². The number of benzene rings is 1. The molecule has 0 heterocycles. The lowest BCUT2D eigenvalue weighted by atomic mass is 9.84. The van der Waals surface area contributed by atoms with Gasteiger partial charge in [-0.05, 0) is 49.7 Å². The summed E-state index contributed by atoms with van der Waals surface area (Å²) in [4.78, 5) is 2.39. The SMILES string of the molecule is CCN(CC)C1(C(O)Cc2cc(F)ccc2Br)CCCC1. The molecule has 2 rings (SSSR count). The maximum absolute atomic E-state index is 13.4. The van der Waals surface area contributed by atoms with E-state index in [1.807, 2.05) is 0 Å². The summed E-state index contributed by atoms with van der Waals surface area (Å²) >= 11 is 3.46. The summed E-state index contributed by atoms with van der Waals surface area (Å²) in [7, 11) is 0. The second kappa shape index (κ2) is 7.21. The third-order valence-electron chi connectivity index (χ3n) is 4.90. The first-order chi connectivity index (χ1) is 10.0. The van der Waals surface area contributed by atoms with Crippen molar-refractivity contribution >= 4 is 15.9 Å². The third kappa shape index (κ3) is 3.49. The van der Waals surface area contributed by atoms with Gasteiger partial charge < -0.3 is 5.11 Å². The Hall–Kier alpha value is -0.450. The molecule has 1 aliphatic carbocycles. The van der Waals surface area contributed by atoms with Crippen LogP contribution in [0.4, 0.5) is 4.39 Å². The Balaban J connectivity index is 2.23. The van der Waals surface area contributed by atoms with E-state index in [2.05, 4.69) is 34.7 Å². The van der Waals surface area contributed by atoms with Crippen LogP contribution in [-0.2, 0) is 6.42 Å². The lowest BCUT2D eigenvalue weighted by Crippen LogP contribution is -2.55. The molecule has 1 unspecified atom stereocenters. The van der Waals surface area contributed by atoms with Crippen molar-refractivity contribution in [2.24, 2.45) is 0 Å². The first-order valence-electron chi connectivity index (χ1n) is 7.90. The lowest BCUT2D eigenvalue weighted by molar-refractivity contribution is -0.0245. The van der Waals surface area contributed by atoms with Gasteiger partial charge in [-0.2, -0.15) is 0 Å². The van der Waals surface area contributed by atoms with Crippen LogP contribution in [-0.4, -0.2) is 34.7 Å². The summed E-state index contributed by atoms with van der Waals surface area (Å²) < 4.78 is 14.3. The van der Waals surface area contributed by atoms with Gasteiger partial charge in [-0.25, -0.2) is 4.39 Å². The molecule has 1 saturated carbocycles. The van der Waals surface area contributed by atoms with E-state index in [1.54, 1.807) is 6.07 Å². The zero-order valence-electron chi connectivity index (χ0n) is 12.9. The van der Waals surface area contributed by atoms with Crippen molar-refractivity contribution in [3.05, 3.63) is 34.1 Å². The number of halogens is 2. The molecule has 0 aromatic heterocycles. The monoisotopic (exact) mass is 357 g/mol. The average molecular weight is 358 g/mol. The van der Waals surface area contributed by atoms with E-state index >= 15 is 0 Å². The van der Waals surface area contributed by atoms with E-state index in [9.17, 15) is 9.50 Å². The number of hydrogen-bond donors (Lipinski definition) is 1. The van der Waals surface area contributed by atoms with Crippen molar-refractivity contribution in [2.75, 3.05) is 13.1 Å². The molecule has 118 valence electrons. The van der Waals surface area contributed by atoms with Crippen molar-refractivity contribution in [2.45, 2.75) is 57.6 Å². The van der Waals surface area contributed by atoms with Crippen LogP contribution in [0.25, 0.3) is 0 Å². The smallest absolute Gasteiger partial charge is 0.123 e. The minimum absolute atomic E-state index is 0.144. The highest BCUT2D eigenvalue weighted by molar-refractivity contribution is 9.10. The molecule has 0 radical (unpaired) electrons. The van der Waals surface area contributed by atoms with Gasteiger partial charge in [-0.3, -0.25) is 4.90 Å². The Morgan fingerprint density at radius 2 is 1.90 bits per heavy atom. The lowest BCUT2D eigenvalue weighted by Gasteiger charge is -2.44. The van der Waals surface area contributed by atoms with Gasteiger partial charge >= 0.3 is 0 Å². The molecule has 0 aliphatic heterocycles. The van der Waals surface area contributed by atoms with Gasteiger partial charge in [0.25, 0.3) is 0 Å². The summed E-state index contributed by atoms with van der Waals surface area (Å²) in [6.07, 6.45) is 4.42. The van der Waals surface area contributed by atoms with Crippen molar-refractivity contribution in [1.82, 2.24) is 4.90 Å². The first kappa shape index (κ1) is 16.9. The van der Waals surface area contributed by atoms with Crippen LogP contribution in [0.3, 0.4) is 0 Å². The van der Waals surface area contributed by atoms with E-state index in [0.717, 1.165) is 48.8 Å². The van der Waals surface area contributed by atoms with Crippen LogP contribution in [0.2, 0.25) is 0 Å². The number of rotatable bonds is 6. The molecular weight excluding hydrogens is 333 g/mol. The Labute approximate surface area is 135 Å². The molecule has 0 saturated heterocycles. The third-order valence-corrected chi connectivity index (χ3v) is 5.68. The van der Waals surface area contributed by atoms with Gasteiger partial charge in [0.1, 0.15) is 5.82 Å². The standard InChI is InChI=1S/C17H25BrFNO/c1-3-20(4-2)17(9-5-6-10-17)16(21)12-13-11-14(19)7-8-15(13)18/h7-8,11,16,21H,3-6,9-10,12H2,1-2H3. The topological polar surface area (TPSA) is 23.5 Å². The minimum atomic E-state index is -0.460. The second-order valence-electron chi connectivity index (χ2n) is 5.94. The average Bonchev–Trinajstić information content (AvgIpc) is 2.95. The maximum Gasteiger partial charge on any atom is 0.123 e. The highest BCUT2D eigenvalue weighted by atomic mass is 79.9. The second-order valence-corrected chi connectivity index (χ2v) is 6.79. The van der Waals surface area contributed by atoms with Gasteiger partial charge in [0.2, 0.25) is 0 Å². The van der Waals surface area contributed by atoms with Gasteiger partial charge in [-0.1, -0.05) is 42.6 Å². The largest absolute Gasteiger partial charge is 0.391 e. The van der Waals surface area contributed by atoms with Gasteiger partial charge in [0.05, 0.1) is 6.10 Å². The molecule has 1 aromatic carbocycles. The maximum atomic E-state index is 13.4. The first-order valence-corrected chi connectivity index (χ1v) is 8.70. The number of hydrogen-bond acceptors (Lipinski definition) is 2. The van der Waals surface area contributed by atoms with Gasteiger partial charge in [0.15, 0.2) is 0 Å².